The molecular formula is C31H28N2O5. The Morgan fingerprint density at radius 3 is 2.45 bits per heavy atom. The lowest BCUT2D eigenvalue weighted by atomic mass is 9.82. The summed E-state index contributed by atoms with van der Waals surface area (Å²) in [7, 11) is 0. The Kier molecular flexibility index (Phi) is 5.86. The van der Waals surface area contributed by atoms with Crippen LogP contribution >= 0.6 is 0 Å². The van der Waals surface area contributed by atoms with Crippen LogP contribution < -0.4 is 14.5 Å². The monoisotopic (exact) mass is 508 g/mol. The third kappa shape index (κ3) is 3.99. The Labute approximate surface area is 220 Å². The molecule has 3 atom stereocenters. The van der Waals surface area contributed by atoms with E-state index < -0.39 is 11.9 Å². The molecule has 3 aliphatic rings. The summed E-state index contributed by atoms with van der Waals surface area (Å²) in [5, 5.41) is 1.99. The maximum absolute atomic E-state index is 13.1. The van der Waals surface area contributed by atoms with E-state index in [1.807, 2.05) is 55.5 Å². The van der Waals surface area contributed by atoms with Gasteiger partial charge in [-0.15, -0.1) is 0 Å². The maximum atomic E-state index is 13.1. The van der Waals surface area contributed by atoms with Crippen molar-refractivity contribution in [1.82, 2.24) is 0 Å². The van der Waals surface area contributed by atoms with Gasteiger partial charge in [0.2, 0.25) is 17.7 Å². The topological polar surface area (TPSA) is 84.0 Å². The molecule has 3 aromatic rings. The van der Waals surface area contributed by atoms with E-state index >= 15 is 0 Å². The van der Waals surface area contributed by atoms with E-state index in [1.54, 1.807) is 30.0 Å². The van der Waals surface area contributed by atoms with E-state index in [2.05, 4.69) is 0 Å². The van der Waals surface area contributed by atoms with E-state index in [4.69, 9.17) is 4.74 Å². The van der Waals surface area contributed by atoms with Crippen molar-refractivity contribution >= 4 is 45.8 Å². The molecule has 2 saturated heterocycles. The fourth-order valence-corrected chi connectivity index (χ4v) is 5.96. The summed E-state index contributed by atoms with van der Waals surface area (Å²) in [6.07, 6.45) is 3.31. The van der Waals surface area contributed by atoms with Gasteiger partial charge in [0.1, 0.15) is 5.75 Å². The van der Waals surface area contributed by atoms with Crippen LogP contribution in [0, 0.1) is 24.7 Å². The molecule has 3 amide bonds. The largest absolute Gasteiger partial charge is 0.426 e. The second kappa shape index (κ2) is 9.24. The predicted octanol–water partition coefficient (Wildman–Crippen LogP) is 4.95. The number of amides is 3. The fraction of sp³-hybridized carbons (Fsp3) is 0.290. The van der Waals surface area contributed by atoms with Crippen molar-refractivity contribution in [2.24, 2.45) is 17.8 Å². The Bertz CT molecular complexity index is 1540. The second-order valence-electron chi connectivity index (χ2n) is 10.5. The first-order valence-corrected chi connectivity index (χ1v) is 13.0. The maximum Gasteiger partial charge on any atom is 0.316 e. The van der Waals surface area contributed by atoms with Crippen LogP contribution in [0.5, 0.6) is 5.75 Å². The number of benzene rings is 3. The number of fused-ring (bicyclic) bond motifs is 2. The first kappa shape index (κ1) is 24.1. The van der Waals surface area contributed by atoms with E-state index in [1.165, 1.54) is 4.90 Å². The van der Waals surface area contributed by atoms with E-state index in [9.17, 15) is 19.2 Å². The summed E-state index contributed by atoms with van der Waals surface area (Å²) in [4.78, 5) is 55.0. The standard InChI is InChI=1S/C31H28N2O5/c1-18-10-12-24-25(14-18)30(36)33(29(24)35)26-13-11-22(15-19(26)2)38-31(37)21-16-28(34)32(17-21)27-9-5-7-20-6-3-4-8-23(20)27/h3-11,13,15,21,24-25H,12,14,16-17H2,1-2H3/t21-,24+,25-/m1/s1. The third-order valence-electron chi connectivity index (χ3n) is 7.97. The molecule has 1 aliphatic carbocycles. The molecule has 0 bridgehead atoms. The summed E-state index contributed by atoms with van der Waals surface area (Å²) in [6, 6.07) is 18.6. The van der Waals surface area contributed by atoms with Gasteiger partial charge in [0.15, 0.2) is 0 Å². The molecule has 6 rings (SSSR count). The summed E-state index contributed by atoms with van der Waals surface area (Å²) < 4.78 is 5.66. The molecule has 0 saturated carbocycles. The summed E-state index contributed by atoms with van der Waals surface area (Å²) in [6.45, 7) is 4.03. The van der Waals surface area contributed by atoms with Crippen molar-refractivity contribution in [2.75, 3.05) is 16.3 Å². The van der Waals surface area contributed by atoms with E-state index in [-0.39, 0.29) is 42.5 Å². The average Bonchev–Trinajstić information content (AvgIpc) is 3.41. The Balaban J connectivity index is 1.17. The number of anilines is 2. The van der Waals surface area contributed by atoms with Gasteiger partial charge in [-0.25, -0.2) is 4.90 Å². The van der Waals surface area contributed by atoms with Gasteiger partial charge < -0.3 is 9.64 Å². The van der Waals surface area contributed by atoms with Crippen LogP contribution in [0.3, 0.4) is 0 Å². The summed E-state index contributed by atoms with van der Waals surface area (Å²) in [5.74, 6) is -1.83. The number of esters is 1. The molecule has 2 fully saturated rings. The van der Waals surface area contributed by atoms with Crippen molar-refractivity contribution in [3.05, 3.63) is 77.9 Å². The number of aryl methyl sites for hydroxylation is 1. The molecule has 192 valence electrons. The highest BCUT2D eigenvalue weighted by Crippen LogP contribution is 2.41. The normalized spacial score (nSPS) is 23.2. The van der Waals surface area contributed by atoms with Gasteiger partial charge in [-0.1, -0.05) is 48.0 Å². The molecule has 0 spiro atoms. The van der Waals surface area contributed by atoms with Gasteiger partial charge in [0.25, 0.3) is 0 Å². The molecule has 0 radical (unpaired) electrons. The average molecular weight is 509 g/mol. The lowest BCUT2D eigenvalue weighted by Gasteiger charge is -2.19. The minimum atomic E-state index is -0.595. The zero-order valence-electron chi connectivity index (χ0n) is 21.3. The molecule has 3 aromatic carbocycles. The quantitative estimate of drug-likeness (QED) is 0.215. The smallest absolute Gasteiger partial charge is 0.316 e. The van der Waals surface area contributed by atoms with Gasteiger partial charge in [-0.3, -0.25) is 19.2 Å². The highest BCUT2D eigenvalue weighted by Gasteiger charge is 2.49. The Hall–Kier alpha value is -4.26. The lowest BCUT2D eigenvalue weighted by molar-refractivity contribution is -0.139. The van der Waals surface area contributed by atoms with Gasteiger partial charge in [0, 0.05) is 18.4 Å². The van der Waals surface area contributed by atoms with Crippen LogP contribution in [0.2, 0.25) is 0 Å². The molecule has 7 heteroatoms. The van der Waals surface area contributed by atoms with Crippen molar-refractivity contribution < 1.29 is 23.9 Å². The molecule has 0 N–H and O–H groups in total. The second-order valence-corrected chi connectivity index (χ2v) is 10.5. The molecule has 7 nitrogen and oxygen atoms in total. The number of carbonyl (C=O) groups excluding carboxylic acids is 4. The SMILES string of the molecule is CC1=CC[C@@H]2C(=O)N(c3ccc(OC(=O)[C@@H]4CC(=O)N(c5cccc6ccccc56)C4)cc3C)C(=O)[C@@H]2C1. The third-order valence-corrected chi connectivity index (χ3v) is 7.97. The minimum Gasteiger partial charge on any atom is -0.426 e. The molecule has 0 unspecified atom stereocenters. The predicted molar refractivity (Wildman–Crippen MR) is 144 cm³/mol. The lowest BCUT2D eigenvalue weighted by Crippen LogP contribution is -2.31. The Morgan fingerprint density at radius 1 is 0.868 bits per heavy atom. The van der Waals surface area contributed by atoms with Crippen LogP contribution in [0.4, 0.5) is 11.4 Å². The molecule has 38 heavy (non-hydrogen) atoms. The number of hydrogen-bond acceptors (Lipinski definition) is 5. The first-order chi connectivity index (χ1) is 18.3. The highest BCUT2D eigenvalue weighted by atomic mass is 16.5. The first-order valence-electron chi connectivity index (χ1n) is 13.0. The van der Waals surface area contributed by atoms with Crippen molar-refractivity contribution in [2.45, 2.75) is 33.1 Å². The van der Waals surface area contributed by atoms with Crippen LogP contribution in [0.1, 0.15) is 31.7 Å². The number of allylic oxidation sites excluding steroid dienone is 2. The number of ether oxygens (including phenoxy) is 1. The number of hydrogen-bond donors (Lipinski definition) is 0. The number of imide groups is 1. The molecule has 2 heterocycles. The van der Waals surface area contributed by atoms with Gasteiger partial charge in [-0.2, -0.15) is 0 Å². The summed E-state index contributed by atoms with van der Waals surface area (Å²) >= 11 is 0. The fourth-order valence-electron chi connectivity index (χ4n) is 5.96. The van der Waals surface area contributed by atoms with Crippen LogP contribution in [0.25, 0.3) is 10.8 Å². The zero-order chi connectivity index (χ0) is 26.6. The summed E-state index contributed by atoms with van der Waals surface area (Å²) in [5.41, 5.74) is 3.11. The number of nitrogens with zero attached hydrogens (tertiary/aromatic N) is 2. The Morgan fingerprint density at radius 2 is 1.63 bits per heavy atom. The van der Waals surface area contributed by atoms with Crippen molar-refractivity contribution in [3.8, 4) is 5.75 Å². The minimum absolute atomic E-state index is 0.0755. The van der Waals surface area contributed by atoms with Crippen LogP contribution in [0.15, 0.2) is 72.3 Å². The van der Waals surface area contributed by atoms with E-state index in [0.717, 1.165) is 22.0 Å². The number of rotatable bonds is 4. The number of carbonyl (C=O) groups is 4. The molecular weight excluding hydrogens is 480 g/mol. The van der Waals surface area contributed by atoms with Gasteiger partial charge in [0.05, 0.1) is 29.1 Å². The zero-order valence-corrected chi connectivity index (χ0v) is 21.3. The van der Waals surface area contributed by atoms with Crippen molar-refractivity contribution in [1.29, 1.82) is 0 Å². The molecule has 2 aliphatic heterocycles. The molecule has 0 aromatic heterocycles. The van der Waals surface area contributed by atoms with Gasteiger partial charge >= 0.3 is 5.97 Å². The van der Waals surface area contributed by atoms with Crippen LogP contribution in [-0.2, 0) is 19.2 Å². The van der Waals surface area contributed by atoms with Crippen molar-refractivity contribution in [3.63, 3.8) is 0 Å². The van der Waals surface area contributed by atoms with Crippen LogP contribution in [-0.4, -0.2) is 30.2 Å². The highest BCUT2D eigenvalue weighted by molar-refractivity contribution is 6.22. The van der Waals surface area contributed by atoms with Gasteiger partial charge in [-0.05, 0) is 61.9 Å². The van der Waals surface area contributed by atoms with E-state index in [0.29, 0.717) is 29.8 Å².